The van der Waals surface area contributed by atoms with E-state index in [1.807, 2.05) is 51.1 Å². The quantitative estimate of drug-likeness (QED) is 0.355. The van der Waals surface area contributed by atoms with Gasteiger partial charge in [-0.25, -0.2) is 0 Å². The van der Waals surface area contributed by atoms with Gasteiger partial charge < -0.3 is 4.74 Å². The van der Waals surface area contributed by atoms with Crippen LogP contribution in [0.4, 0.5) is 0 Å². The first-order valence-corrected chi connectivity index (χ1v) is 12.7. The highest BCUT2D eigenvalue weighted by atomic mass is 16.6. The first-order chi connectivity index (χ1) is 17.3. The third-order valence-electron chi connectivity index (χ3n) is 6.38. The third kappa shape index (κ3) is 7.07. The fraction of sp³-hybridized carbons (Fsp3) is 0.344. The van der Waals surface area contributed by atoms with Crippen molar-refractivity contribution >= 4 is 5.97 Å². The summed E-state index contributed by atoms with van der Waals surface area (Å²) in [4.78, 5) is 17.2. The molecule has 0 aromatic heterocycles. The summed E-state index contributed by atoms with van der Waals surface area (Å²) < 4.78 is 5.56. The van der Waals surface area contributed by atoms with Crippen molar-refractivity contribution in [1.29, 1.82) is 0 Å². The first-order valence-electron chi connectivity index (χ1n) is 12.7. The van der Waals surface area contributed by atoms with Gasteiger partial charge in [0.25, 0.3) is 0 Å². The highest BCUT2D eigenvalue weighted by molar-refractivity contribution is 5.72. The van der Waals surface area contributed by atoms with E-state index in [2.05, 4.69) is 83.2 Å². The van der Waals surface area contributed by atoms with Gasteiger partial charge in [-0.05, 0) is 63.1 Å². The van der Waals surface area contributed by atoms with Crippen LogP contribution < -0.4 is 0 Å². The molecule has 186 valence electrons. The molecular formula is C32H36N2O2. The number of benzene rings is 3. The molecule has 1 heterocycles. The minimum atomic E-state index is -0.460. The first kappa shape index (κ1) is 25.7. The van der Waals surface area contributed by atoms with E-state index in [-0.39, 0.29) is 18.1 Å². The van der Waals surface area contributed by atoms with E-state index in [1.165, 1.54) is 11.1 Å². The molecule has 0 spiro atoms. The van der Waals surface area contributed by atoms with E-state index >= 15 is 0 Å². The molecule has 0 saturated carbocycles. The van der Waals surface area contributed by atoms with Crippen LogP contribution in [0.2, 0.25) is 0 Å². The highest BCUT2D eigenvalue weighted by Gasteiger charge is 2.31. The average Bonchev–Trinajstić information content (AvgIpc) is 2.85. The second-order valence-corrected chi connectivity index (χ2v) is 10.5. The fourth-order valence-electron chi connectivity index (χ4n) is 4.70. The van der Waals surface area contributed by atoms with Crippen molar-refractivity contribution in [3.63, 3.8) is 0 Å². The predicted octanol–water partition coefficient (Wildman–Crippen LogP) is 5.52. The second-order valence-electron chi connectivity index (χ2n) is 10.5. The molecule has 4 heteroatoms. The van der Waals surface area contributed by atoms with Crippen LogP contribution in [0.25, 0.3) is 0 Å². The number of hydrogen-bond acceptors (Lipinski definition) is 4. The Morgan fingerprint density at radius 2 is 1.42 bits per heavy atom. The molecule has 1 aliphatic heterocycles. The normalized spacial score (nSPS) is 17.6. The van der Waals surface area contributed by atoms with Crippen molar-refractivity contribution in [3.05, 3.63) is 107 Å². The van der Waals surface area contributed by atoms with Gasteiger partial charge >= 0.3 is 5.97 Å². The van der Waals surface area contributed by atoms with Crippen LogP contribution in [0, 0.1) is 11.8 Å². The molecule has 0 N–H and O–H groups in total. The van der Waals surface area contributed by atoms with E-state index < -0.39 is 5.60 Å². The molecule has 1 aliphatic rings. The van der Waals surface area contributed by atoms with E-state index in [1.54, 1.807) is 0 Å². The van der Waals surface area contributed by atoms with Crippen molar-refractivity contribution in [1.82, 2.24) is 9.80 Å². The van der Waals surface area contributed by atoms with Crippen molar-refractivity contribution in [3.8, 4) is 11.8 Å². The predicted molar refractivity (Wildman–Crippen MR) is 146 cm³/mol. The van der Waals surface area contributed by atoms with E-state index in [9.17, 15) is 4.79 Å². The van der Waals surface area contributed by atoms with Gasteiger partial charge in [0.05, 0.1) is 12.6 Å². The molecule has 3 aromatic rings. The summed E-state index contributed by atoms with van der Waals surface area (Å²) in [6, 6.07) is 29.7. The molecule has 1 saturated heterocycles. The zero-order valence-electron chi connectivity index (χ0n) is 21.8. The lowest BCUT2D eigenvalue weighted by atomic mass is 9.94. The number of carbonyl (C=O) groups excluding carboxylic acids is 1. The van der Waals surface area contributed by atoms with Crippen LogP contribution in [-0.4, -0.2) is 53.6 Å². The van der Waals surface area contributed by atoms with Crippen molar-refractivity contribution in [2.75, 3.05) is 26.2 Å². The Kier molecular flexibility index (Phi) is 8.25. The van der Waals surface area contributed by atoms with Crippen LogP contribution in [0.15, 0.2) is 84.9 Å². The molecule has 1 unspecified atom stereocenters. The van der Waals surface area contributed by atoms with Gasteiger partial charge in [-0.15, -0.1) is 0 Å². The smallest absolute Gasteiger partial charge is 0.320 e. The van der Waals surface area contributed by atoms with Crippen molar-refractivity contribution < 1.29 is 9.53 Å². The van der Waals surface area contributed by atoms with Crippen LogP contribution in [0.3, 0.4) is 0 Å². The summed E-state index contributed by atoms with van der Waals surface area (Å²) in [6.45, 7) is 10.8. The van der Waals surface area contributed by atoms with Gasteiger partial charge in [0, 0.05) is 36.8 Å². The Morgan fingerprint density at radius 3 is 2.00 bits per heavy atom. The van der Waals surface area contributed by atoms with E-state index in [0.717, 1.165) is 30.8 Å². The summed E-state index contributed by atoms with van der Waals surface area (Å²) in [6.07, 6.45) is 0. The van der Waals surface area contributed by atoms with Gasteiger partial charge in [0.1, 0.15) is 5.60 Å². The van der Waals surface area contributed by atoms with Gasteiger partial charge in [0.15, 0.2) is 0 Å². The average molecular weight is 481 g/mol. The Hall–Kier alpha value is -3.39. The number of hydrogen-bond donors (Lipinski definition) is 0. The van der Waals surface area contributed by atoms with E-state index in [4.69, 9.17) is 4.74 Å². The monoisotopic (exact) mass is 480 g/mol. The second kappa shape index (κ2) is 11.6. The maximum absolute atomic E-state index is 12.4. The number of carbonyl (C=O) groups is 1. The molecule has 0 radical (unpaired) electrons. The van der Waals surface area contributed by atoms with Crippen LogP contribution in [0.1, 0.15) is 56.0 Å². The van der Waals surface area contributed by atoms with Gasteiger partial charge in [0.2, 0.25) is 0 Å². The maximum atomic E-state index is 12.4. The fourth-order valence-corrected chi connectivity index (χ4v) is 4.70. The molecule has 4 rings (SSSR count). The molecular weight excluding hydrogens is 444 g/mol. The Balaban J connectivity index is 1.50. The van der Waals surface area contributed by atoms with Gasteiger partial charge in [-0.2, -0.15) is 0 Å². The molecule has 0 bridgehead atoms. The van der Waals surface area contributed by atoms with E-state index in [0.29, 0.717) is 6.54 Å². The summed E-state index contributed by atoms with van der Waals surface area (Å²) >= 11 is 0. The number of piperazine rings is 1. The lowest BCUT2D eigenvalue weighted by Gasteiger charge is -2.43. The molecule has 36 heavy (non-hydrogen) atoms. The topological polar surface area (TPSA) is 32.8 Å². The Labute approximate surface area is 215 Å². The van der Waals surface area contributed by atoms with Crippen molar-refractivity contribution in [2.45, 2.75) is 45.4 Å². The van der Waals surface area contributed by atoms with Crippen LogP contribution >= 0.6 is 0 Å². The number of esters is 1. The van der Waals surface area contributed by atoms with Crippen LogP contribution in [0.5, 0.6) is 0 Å². The standard InChI is InChI=1S/C32H36N2O2/c1-25-23-34(22-21-33(25)24-30(35)36-32(2,3)4)31(28-13-9-6-10-14-28)29-19-17-27(18-20-29)16-15-26-11-7-5-8-12-26/h5-14,17-20,25,31H,21-24H2,1-4H3/t25-,31?/m1/s1. The maximum Gasteiger partial charge on any atom is 0.320 e. The number of rotatable bonds is 5. The summed E-state index contributed by atoms with van der Waals surface area (Å²) in [7, 11) is 0. The molecule has 0 amide bonds. The minimum absolute atomic E-state index is 0.147. The highest BCUT2D eigenvalue weighted by Crippen LogP contribution is 2.31. The lowest BCUT2D eigenvalue weighted by Crippen LogP contribution is -2.54. The summed E-state index contributed by atoms with van der Waals surface area (Å²) in [5, 5.41) is 0. The van der Waals surface area contributed by atoms with Gasteiger partial charge in [-0.3, -0.25) is 14.6 Å². The van der Waals surface area contributed by atoms with Gasteiger partial charge in [-0.1, -0.05) is 72.5 Å². The third-order valence-corrected chi connectivity index (χ3v) is 6.38. The zero-order valence-corrected chi connectivity index (χ0v) is 21.8. The lowest BCUT2D eigenvalue weighted by molar-refractivity contribution is -0.157. The Bertz CT molecular complexity index is 1190. The minimum Gasteiger partial charge on any atom is -0.459 e. The number of ether oxygens (including phenoxy) is 1. The summed E-state index contributed by atoms with van der Waals surface area (Å²) in [5.74, 6) is 6.36. The summed E-state index contributed by atoms with van der Waals surface area (Å²) in [5.41, 5.74) is 4.08. The zero-order chi connectivity index (χ0) is 25.5. The molecule has 4 nitrogen and oxygen atoms in total. The largest absolute Gasteiger partial charge is 0.459 e. The molecule has 2 atom stereocenters. The van der Waals surface area contributed by atoms with Crippen molar-refractivity contribution in [2.24, 2.45) is 0 Å². The number of nitrogens with zero attached hydrogens (tertiary/aromatic N) is 2. The molecule has 0 aliphatic carbocycles. The molecule has 3 aromatic carbocycles. The Morgan fingerprint density at radius 1 is 0.861 bits per heavy atom. The SMILES string of the molecule is C[C@@H]1CN(C(c2ccccc2)c2ccc(C#Cc3ccccc3)cc2)CCN1CC(=O)OC(C)(C)C. The molecule has 1 fully saturated rings. The van der Waals surface area contributed by atoms with Crippen LogP contribution in [-0.2, 0) is 9.53 Å².